The molecule has 1 fully saturated rings. The van der Waals surface area contributed by atoms with Crippen LogP contribution in [0.4, 0.5) is 4.79 Å². The van der Waals surface area contributed by atoms with Crippen molar-refractivity contribution >= 4 is 6.16 Å². The fourth-order valence-electron chi connectivity index (χ4n) is 3.33. The summed E-state index contributed by atoms with van der Waals surface area (Å²) in [4.78, 5) is 13.6. The maximum atomic E-state index is 11.2. The SMILES string of the molecule is CCN(CC)CC.CCOC(=O)O[C@H]1CC[C@H](c2ccc(O)cc2O)CC1. The zero-order valence-electron chi connectivity index (χ0n) is 17.1. The van der Waals surface area contributed by atoms with Gasteiger partial charge < -0.3 is 24.6 Å². The molecule has 6 heteroatoms. The van der Waals surface area contributed by atoms with Gasteiger partial charge in [-0.05, 0) is 69.8 Å². The molecule has 0 amide bonds. The van der Waals surface area contributed by atoms with Crippen LogP contribution in [0.5, 0.6) is 11.5 Å². The molecule has 1 aliphatic carbocycles. The summed E-state index contributed by atoms with van der Waals surface area (Å²) in [7, 11) is 0. The molecular weight excluding hydrogens is 346 g/mol. The Bertz CT molecular complexity index is 546. The van der Waals surface area contributed by atoms with E-state index in [1.165, 1.54) is 25.7 Å². The molecule has 27 heavy (non-hydrogen) atoms. The van der Waals surface area contributed by atoms with Crippen LogP contribution in [0.2, 0.25) is 0 Å². The molecule has 6 nitrogen and oxygen atoms in total. The molecule has 2 N–H and O–H groups in total. The summed E-state index contributed by atoms with van der Waals surface area (Å²) >= 11 is 0. The first-order valence-electron chi connectivity index (χ1n) is 10.0. The summed E-state index contributed by atoms with van der Waals surface area (Å²) in [6.07, 6.45) is 2.46. The molecule has 1 aliphatic rings. The van der Waals surface area contributed by atoms with Crippen LogP contribution in [-0.4, -0.2) is 53.6 Å². The van der Waals surface area contributed by atoms with Crippen molar-refractivity contribution in [3.8, 4) is 11.5 Å². The molecule has 1 aromatic carbocycles. The van der Waals surface area contributed by atoms with Gasteiger partial charge in [-0.25, -0.2) is 4.79 Å². The summed E-state index contributed by atoms with van der Waals surface area (Å²) in [6.45, 7) is 12.2. The second kappa shape index (κ2) is 12.4. The minimum atomic E-state index is -0.608. The summed E-state index contributed by atoms with van der Waals surface area (Å²) in [5.74, 6) is 0.419. The summed E-state index contributed by atoms with van der Waals surface area (Å²) in [5, 5.41) is 19.2. The lowest BCUT2D eigenvalue weighted by atomic mass is 9.82. The average Bonchev–Trinajstić information content (AvgIpc) is 2.65. The molecule has 0 aliphatic heterocycles. The van der Waals surface area contributed by atoms with Gasteiger partial charge in [0.15, 0.2) is 0 Å². The minimum Gasteiger partial charge on any atom is -0.508 e. The molecule has 1 saturated carbocycles. The Balaban J connectivity index is 0.000000445. The maximum absolute atomic E-state index is 11.2. The molecule has 0 aromatic heterocycles. The minimum absolute atomic E-state index is 0.0607. The first-order chi connectivity index (χ1) is 12.9. The summed E-state index contributed by atoms with van der Waals surface area (Å²) in [6, 6.07) is 4.69. The van der Waals surface area contributed by atoms with E-state index < -0.39 is 6.16 Å². The number of aromatic hydroxyl groups is 2. The molecule has 0 atom stereocenters. The Kier molecular flexibility index (Phi) is 10.6. The van der Waals surface area contributed by atoms with Crippen LogP contribution in [0.15, 0.2) is 18.2 Å². The number of phenols is 2. The van der Waals surface area contributed by atoms with Crippen molar-refractivity contribution in [3.05, 3.63) is 23.8 Å². The van der Waals surface area contributed by atoms with Gasteiger partial charge in [0.25, 0.3) is 0 Å². The van der Waals surface area contributed by atoms with Crippen LogP contribution in [0.25, 0.3) is 0 Å². The third-order valence-electron chi connectivity index (χ3n) is 4.99. The quantitative estimate of drug-likeness (QED) is 0.699. The predicted molar refractivity (Wildman–Crippen MR) is 106 cm³/mol. The molecule has 0 saturated heterocycles. The molecule has 0 bridgehead atoms. The number of phenolic OH excluding ortho intramolecular Hbond substituents is 2. The first-order valence-corrected chi connectivity index (χ1v) is 10.0. The van der Waals surface area contributed by atoms with Gasteiger partial charge in [-0.2, -0.15) is 0 Å². The first kappa shape index (κ1) is 23.1. The fourth-order valence-corrected chi connectivity index (χ4v) is 3.33. The van der Waals surface area contributed by atoms with Crippen molar-refractivity contribution in [1.82, 2.24) is 4.90 Å². The maximum Gasteiger partial charge on any atom is 0.508 e. The number of carbonyl (C=O) groups is 1. The second-order valence-electron chi connectivity index (χ2n) is 6.64. The molecule has 0 spiro atoms. The number of benzene rings is 1. The van der Waals surface area contributed by atoms with Crippen molar-refractivity contribution in [1.29, 1.82) is 0 Å². The van der Waals surface area contributed by atoms with E-state index in [0.29, 0.717) is 6.61 Å². The number of carbonyl (C=O) groups excluding carboxylic acids is 1. The topological polar surface area (TPSA) is 79.2 Å². The number of rotatable bonds is 6. The van der Waals surface area contributed by atoms with Crippen LogP contribution in [0, 0.1) is 0 Å². The van der Waals surface area contributed by atoms with Crippen molar-refractivity contribution in [2.45, 2.75) is 65.4 Å². The zero-order chi connectivity index (χ0) is 20.2. The Labute approximate surface area is 163 Å². The standard InChI is InChI=1S/C15H20O5.C6H15N/c1-2-19-15(18)20-12-6-3-10(4-7-12)13-8-5-11(16)9-14(13)17;1-4-7(5-2)6-3/h5,8-10,12,16-17H,2-4,6-7H2,1H3;4-6H2,1-3H3/t10-,12-;. The van der Waals surface area contributed by atoms with E-state index >= 15 is 0 Å². The molecule has 0 unspecified atom stereocenters. The zero-order valence-corrected chi connectivity index (χ0v) is 17.1. The van der Waals surface area contributed by atoms with Gasteiger partial charge >= 0.3 is 6.16 Å². The van der Waals surface area contributed by atoms with Crippen LogP contribution in [0.1, 0.15) is 64.9 Å². The van der Waals surface area contributed by atoms with Gasteiger partial charge in [0.05, 0.1) is 6.61 Å². The van der Waals surface area contributed by atoms with Gasteiger partial charge in [0.1, 0.15) is 17.6 Å². The van der Waals surface area contributed by atoms with E-state index in [1.54, 1.807) is 19.1 Å². The third kappa shape index (κ3) is 8.08. The van der Waals surface area contributed by atoms with Crippen molar-refractivity contribution in [2.24, 2.45) is 0 Å². The molecule has 154 valence electrons. The monoisotopic (exact) mass is 381 g/mol. The summed E-state index contributed by atoms with van der Waals surface area (Å²) in [5.41, 5.74) is 0.845. The van der Waals surface area contributed by atoms with Crippen molar-refractivity contribution in [2.75, 3.05) is 26.2 Å². The highest BCUT2D eigenvalue weighted by molar-refractivity contribution is 5.60. The number of hydrogen-bond acceptors (Lipinski definition) is 6. The van der Waals surface area contributed by atoms with E-state index in [2.05, 4.69) is 25.7 Å². The lowest BCUT2D eigenvalue weighted by molar-refractivity contribution is 0.0117. The molecule has 0 radical (unpaired) electrons. The highest BCUT2D eigenvalue weighted by Gasteiger charge is 2.26. The Morgan fingerprint density at radius 1 is 1.04 bits per heavy atom. The van der Waals surface area contributed by atoms with E-state index in [-0.39, 0.29) is 23.5 Å². The molecule has 0 heterocycles. The van der Waals surface area contributed by atoms with Gasteiger partial charge in [-0.3, -0.25) is 0 Å². The Morgan fingerprint density at radius 2 is 1.63 bits per heavy atom. The lowest BCUT2D eigenvalue weighted by Gasteiger charge is -2.28. The van der Waals surface area contributed by atoms with E-state index in [1.807, 2.05) is 0 Å². The lowest BCUT2D eigenvalue weighted by Crippen LogP contribution is -2.24. The van der Waals surface area contributed by atoms with Crippen LogP contribution < -0.4 is 0 Å². The Morgan fingerprint density at radius 3 is 2.07 bits per heavy atom. The number of hydrogen-bond donors (Lipinski definition) is 2. The van der Waals surface area contributed by atoms with Gasteiger partial charge in [0, 0.05) is 6.07 Å². The smallest absolute Gasteiger partial charge is 0.508 e. The predicted octanol–water partition coefficient (Wildman–Crippen LogP) is 4.65. The highest BCUT2D eigenvalue weighted by atomic mass is 16.7. The van der Waals surface area contributed by atoms with Crippen LogP contribution in [0.3, 0.4) is 0 Å². The normalized spacial score (nSPS) is 19.1. The molecule has 1 aromatic rings. The van der Waals surface area contributed by atoms with Crippen LogP contribution >= 0.6 is 0 Å². The number of ether oxygens (including phenoxy) is 2. The van der Waals surface area contributed by atoms with Crippen LogP contribution in [-0.2, 0) is 9.47 Å². The fraction of sp³-hybridized carbons (Fsp3) is 0.667. The highest BCUT2D eigenvalue weighted by Crippen LogP contribution is 2.39. The van der Waals surface area contributed by atoms with Gasteiger partial charge in [-0.1, -0.05) is 26.8 Å². The van der Waals surface area contributed by atoms with E-state index in [9.17, 15) is 15.0 Å². The Hall–Kier alpha value is -1.95. The molecule has 2 rings (SSSR count). The second-order valence-corrected chi connectivity index (χ2v) is 6.64. The van der Waals surface area contributed by atoms with E-state index in [0.717, 1.165) is 31.2 Å². The average molecular weight is 382 g/mol. The third-order valence-corrected chi connectivity index (χ3v) is 4.99. The molecular formula is C21H35NO5. The van der Waals surface area contributed by atoms with Crippen molar-refractivity contribution in [3.63, 3.8) is 0 Å². The van der Waals surface area contributed by atoms with Gasteiger partial charge in [0.2, 0.25) is 0 Å². The van der Waals surface area contributed by atoms with Gasteiger partial charge in [-0.15, -0.1) is 0 Å². The number of nitrogens with zero attached hydrogens (tertiary/aromatic N) is 1. The van der Waals surface area contributed by atoms with Crippen molar-refractivity contribution < 1.29 is 24.5 Å². The largest absolute Gasteiger partial charge is 0.508 e. The van der Waals surface area contributed by atoms with E-state index in [4.69, 9.17) is 9.47 Å². The summed E-state index contributed by atoms with van der Waals surface area (Å²) < 4.78 is 9.96.